The van der Waals surface area contributed by atoms with Gasteiger partial charge in [0.2, 0.25) is 5.43 Å². The van der Waals surface area contributed by atoms with E-state index in [-0.39, 0.29) is 17.0 Å². The minimum Gasteiger partial charge on any atom is -0.477 e. The van der Waals surface area contributed by atoms with Gasteiger partial charge in [-0.3, -0.25) is 4.79 Å². The van der Waals surface area contributed by atoms with E-state index in [4.69, 9.17) is 0 Å². The number of aromatic carboxylic acids is 1. The van der Waals surface area contributed by atoms with Gasteiger partial charge in [-0.05, 0) is 42.4 Å². The molecule has 2 aromatic rings. The molecule has 1 aromatic carbocycles. The van der Waals surface area contributed by atoms with Crippen molar-refractivity contribution in [1.82, 2.24) is 4.57 Å². The van der Waals surface area contributed by atoms with Gasteiger partial charge in [0.25, 0.3) is 0 Å². The second kappa shape index (κ2) is 4.91. The lowest BCUT2D eigenvalue weighted by Crippen LogP contribution is -2.22. The van der Waals surface area contributed by atoms with Gasteiger partial charge in [-0.25, -0.2) is 9.18 Å². The molecule has 0 unspecified atom stereocenters. The quantitative estimate of drug-likeness (QED) is 0.917. The fraction of sp³-hybridized carbons (Fsp3) is 0.444. The third-order valence-electron chi connectivity index (χ3n) is 4.43. The van der Waals surface area contributed by atoms with Crippen molar-refractivity contribution >= 4 is 16.9 Å². The van der Waals surface area contributed by atoms with Crippen LogP contribution in [0, 0.1) is 12.7 Å². The van der Waals surface area contributed by atoms with Crippen LogP contribution in [0.5, 0.6) is 0 Å². The summed E-state index contributed by atoms with van der Waals surface area (Å²) in [4.78, 5) is 23.8. The lowest BCUT2D eigenvalue weighted by Gasteiger charge is -2.25. The highest BCUT2D eigenvalue weighted by Crippen LogP contribution is 2.40. The molecule has 1 N–H and O–H groups in total. The zero-order chi connectivity index (χ0) is 17.1. The predicted molar refractivity (Wildman–Crippen MR) is 86.8 cm³/mol. The molecule has 0 spiro atoms. The molecule has 1 saturated carbocycles. The number of aryl methyl sites for hydroxylation is 1. The zero-order valence-corrected chi connectivity index (χ0v) is 13.7. The van der Waals surface area contributed by atoms with Crippen molar-refractivity contribution in [1.29, 1.82) is 0 Å². The number of hydrogen-bond acceptors (Lipinski definition) is 2. The molecule has 0 atom stereocenters. The first-order valence-corrected chi connectivity index (χ1v) is 7.74. The first-order chi connectivity index (χ1) is 10.6. The standard InChI is InChI=1S/C18H20FNO3/c1-9-14(18(2,3)4)13(19)7-11-15(9)20(10-5-6-10)8-12(16(11)21)17(22)23/h7-8,10H,5-6H2,1-4H3,(H,22,23). The number of carboxylic acids is 1. The molecule has 1 heterocycles. The number of aromatic nitrogens is 1. The van der Waals surface area contributed by atoms with Crippen molar-refractivity contribution in [2.24, 2.45) is 0 Å². The Kier molecular flexibility index (Phi) is 3.36. The summed E-state index contributed by atoms with van der Waals surface area (Å²) >= 11 is 0. The summed E-state index contributed by atoms with van der Waals surface area (Å²) in [7, 11) is 0. The largest absolute Gasteiger partial charge is 0.477 e. The maximum Gasteiger partial charge on any atom is 0.341 e. The minimum absolute atomic E-state index is 0.153. The fourth-order valence-corrected chi connectivity index (χ4v) is 3.39. The number of pyridine rings is 1. The maximum absolute atomic E-state index is 14.6. The Morgan fingerprint density at radius 1 is 1.35 bits per heavy atom. The zero-order valence-electron chi connectivity index (χ0n) is 13.7. The van der Waals surface area contributed by atoms with E-state index in [1.54, 1.807) is 0 Å². The van der Waals surface area contributed by atoms with E-state index in [2.05, 4.69) is 0 Å². The Labute approximate surface area is 133 Å². The molecular weight excluding hydrogens is 297 g/mol. The molecule has 1 fully saturated rings. The molecule has 0 amide bonds. The van der Waals surface area contributed by atoms with Crippen molar-refractivity contribution < 1.29 is 14.3 Å². The van der Waals surface area contributed by atoms with Crippen LogP contribution in [0.4, 0.5) is 4.39 Å². The number of fused-ring (bicyclic) bond motifs is 1. The number of rotatable bonds is 2. The Hall–Kier alpha value is -2.17. The summed E-state index contributed by atoms with van der Waals surface area (Å²) in [5.41, 5.74) is 0.626. The molecule has 5 heteroatoms. The predicted octanol–water partition coefficient (Wildman–Crippen LogP) is 3.78. The lowest BCUT2D eigenvalue weighted by molar-refractivity contribution is 0.0695. The molecule has 23 heavy (non-hydrogen) atoms. The fourth-order valence-electron chi connectivity index (χ4n) is 3.39. The van der Waals surface area contributed by atoms with Crippen LogP contribution in [-0.2, 0) is 5.41 Å². The van der Waals surface area contributed by atoms with Crippen molar-refractivity contribution in [2.75, 3.05) is 0 Å². The Morgan fingerprint density at radius 2 is 1.96 bits per heavy atom. The maximum atomic E-state index is 14.6. The lowest BCUT2D eigenvalue weighted by atomic mass is 9.82. The van der Waals surface area contributed by atoms with Crippen LogP contribution in [0.3, 0.4) is 0 Å². The molecule has 4 nitrogen and oxygen atoms in total. The van der Waals surface area contributed by atoms with Gasteiger partial charge < -0.3 is 9.67 Å². The van der Waals surface area contributed by atoms with Gasteiger partial charge in [-0.2, -0.15) is 0 Å². The van der Waals surface area contributed by atoms with Crippen molar-refractivity contribution in [3.8, 4) is 0 Å². The first kappa shape index (κ1) is 15.7. The monoisotopic (exact) mass is 317 g/mol. The highest BCUT2D eigenvalue weighted by Gasteiger charge is 2.30. The third kappa shape index (κ3) is 2.44. The summed E-state index contributed by atoms with van der Waals surface area (Å²) in [6, 6.07) is 1.39. The third-order valence-corrected chi connectivity index (χ3v) is 4.43. The highest BCUT2D eigenvalue weighted by molar-refractivity contribution is 5.94. The number of carbonyl (C=O) groups is 1. The van der Waals surface area contributed by atoms with Gasteiger partial charge >= 0.3 is 5.97 Å². The van der Waals surface area contributed by atoms with E-state index in [1.165, 1.54) is 12.3 Å². The summed E-state index contributed by atoms with van der Waals surface area (Å²) < 4.78 is 16.5. The summed E-state index contributed by atoms with van der Waals surface area (Å²) in [5.74, 6) is -1.73. The van der Waals surface area contributed by atoms with Crippen LogP contribution in [0.25, 0.3) is 10.9 Å². The molecule has 3 rings (SSSR count). The average molecular weight is 317 g/mol. The van der Waals surface area contributed by atoms with Crippen LogP contribution >= 0.6 is 0 Å². The molecule has 1 aromatic heterocycles. The van der Waals surface area contributed by atoms with Crippen LogP contribution in [0.2, 0.25) is 0 Å². The van der Waals surface area contributed by atoms with E-state index >= 15 is 0 Å². The average Bonchev–Trinajstić information content (AvgIpc) is 3.22. The molecular formula is C18H20FNO3. The molecule has 0 saturated heterocycles. The smallest absolute Gasteiger partial charge is 0.341 e. The van der Waals surface area contributed by atoms with Crippen molar-refractivity contribution in [3.63, 3.8) is 0 Å². The van der Waals surface area contributed by atoms with Crippen LogP contribution in [0.15, 0.2) is 17.1 Å². The van der Waals surface area contributed by atoms with Crippen LogP contribution < -0.4 is 5.43 Å². The van der Waals surface area contributed by atoms with Gasteiger partial charge in [0.15, 0.2) is 0 Å². The van der Waals surface area contributed by atoms with E-state index in [1.807, 2.05) is 32.3 Å². The molecule has 1 aliphatic rings. The Bertz CT molecular complexity index is 886. The summed E-state index contributed by atoms with van der Waals surface area (Å²) in [5, 5.41) is 9.42. The summed E-state index contributed by atoms with van der Waals surface area (Å²) in [6.45, 7) is 7.59. The Balaban J connectivity index is 2.51. The SMILES string of the molecule is Cc1c(C(C)(C)C)c(F)cc2c(=O)c(C(=O)O)cn(C3CC3)c12. The number of nitrogens with zero attached hydrogens (tertiary/aromatic N) is 1. The second-order valence-electron chi connectivity index (χ2n) is 7.32. The summed E-state index contributed by atoms with van der Waals surface area (Å²) in [6.07, 6.45) is 3.30. The van der Waals surface area contributed by atoms with Crippen molar-refractivity contribution in [3.05, 3.63) is 45.0 Å². The topological polar surface area (TPSA) is 59.3 Å². The number of hydrogen-bond donors (Lipinski definition) is 1. The van der Waals surface area contributed by atoms with Gasteiger partial charge in [-0.1, -0.05) is 20.8 Å². The van der Waals surface area contributed by atoms with E-state index in [9.17, 15) is 19.1 Å². The molecule has 1 aliphatic carbocycles. The van der Waals surface area contributed by atoms with Gasteiger partial charge in [-0.15, -0.1) is 0 Å². The number of carboxylic acid groups (broad SMARTS) is 1. The van der Waals surface area contributed by atoms with Gasteiger partial charge in [0.1, 0.15) is 11.4 Å². The first-order valence-electron chi connectivity index (χ1n) is 7.74. The van der Waals surface area contributed by atoms with Gasteiger partial charge in [0.05, 0.1) is 5.52 Å². The highest BCUT2D eigenvalue weighted by atomic mass is 19.1. The number of halogens is 1. The van der Waals surface area contributed by atoms with E-state index in [0.29, 0.717) is 16.6 Å². The molecule has 0 aliphatic heterocycles. The Morgan fingerprint density at radius 3 is 2.43 bits per heavy atom. The number of benzene rings is 1. The van der Waals surface area contributed by atoms with E-state index < -0.39 is 22.6 Å². The normalized spacial score (nSPS) is 15.2. The van der Waals surface area contributed by atoms with Gasteiger partial charge in [0, 0.05) is 17.6 Å². The van der Waals surface area contributed by atoms with E-state index in [0.717, 1.165) is 12.8 Å². The molecule has 0 bridgehead atoms. The van der Waals surface area contributed by atoms with Crippen LogP contribution in [0.1, 0.15) is 61.1 Å². The molecule has 0 radical (unpaired) electrons. The van der Waals surface area contributed by atoms with Crippen molar-refractivity contribution in [2.45, 2.75) is 52.0 Å². The minimum atomic E-state index is -1.27. The van der Waals surface area contributed by atoms with Crippen LogP contribution in [-0.4, -0.2) is 15.6 Å². The second-order valence-corrected chi connectivity index (χ2v) is 7.32. The molecule has 122 valence electrons.